The van der Waals surface area contributed by atoms with Crippen molar-refractivity contribution in [2.75, 3.05) is 40.0 Å². The number of benzene rings is 2. The molecule has 0 radical (unpaired) electrons. The number of nitrogens with one attached hydrogen (secondary N) is 1. The number of sulfonamides is 2. The van der Waals surface area contributed by atoms with E-state index in [0.29, 0.717) is 10.4 Å². The van der Waals surface area contributed by atoms with E-state index in [1.54, 1.807) is 0 Å². The number of amides is 1. The van der Waals surface area contributed by atoms with Gasteiger partial charge in [-0.1, -0.05) is 6.07 Å². The quantitative estimate of drug-likeness (QED) is 0.697. The Bertz CT molecular complexity index is 1140. The fourth-order valence-electron chi connectivity index (χ4n) is 2.37. The first kappa shape index (κ1) is 22.6. The highest BCUT2D eigenvalue weighted by molar-refractivity contribution is 7.92. The molecule has 0 aliphatic heterocycles. The molecule has 0 aromatic heterocycles. The zero-order valence-electron chi connectivity index (χ0n) is 15.8. The molecule has 0 aliphatic carbocycles. The van der Waals surface area contributed by atoms with Crippen LogP contribution in [0.1, 0.15) is 0 Å². The first-order valence-electron chi connectivity index (χ1n) is 8.05. The number of rotatable bonds is 7. The summed E-state index contributed by atoms with van der Waals surface area (Å²) in [7, 11) is -6.25. The highest BCUT2D eigenvalue weighted by Crippen LogP contribution is 2.23. The smallest absolute Gasteiger partial charge is 0.245 e. The molecule has 158 valence electrons. The number of halogens is 2. The van der Waals surface area contributed by atoms with Gasteiger partial charge in [0.15, 0.2) is 0 Å². The molecule has 0 heterocycles. The molecule has 0 saturated carbocycles. The average Bonchev–Trinajstić information content (AvgIpc) is 2.58. The number of hydrogen-bond donors (Lipinski definition) is 1. The molecule has 2 aromatic carbocycles. The van der Waals surface area contributed by atoms with Crippen molar-refractivity contribution < 1.29 is 30.4 Å². The topological polar surface area (TPSA) is 104 Å². The average molecular weight is 447 g/mol. The second-order valence-electron chi connectivity index (χ2n) is 6.19. The van der Waals surface area contributed by atoms with E-state index in [2.05, 4.69) is 5.32 Å². The van der Waals surface area contributed by atoms with Gasteiger partial charge in [-0.2, -0.15) is 0 Å². The molecular weight excluding hydrogens is 428 g/mol. The molecule has 0 aliphatic rings. The highest BCUT2D eigenvalue weighted by Gasteiger charge is 2.24. The Morgan fingerprint density at radius 2 is 1.66 bits per heavy atom. The third-order valence-corrected chi connectivity index (χ3v) is 6.19. The minimum Gasteiger partial charge on any atom is -0.324 e. The summed E-state index contributed by atoms with van der Waals surface area (Å²) in [5, 5.41) is 2.43. The Kier molecular flexibility index (Phi) is 6.48. The first-order valence-corrected chi connectivity index (χ1v) is 11.8. The van der Waals surface area contributed by atoms with Crippen LogP contribution in [0.3, 0.4) is 0 Å². The van der Waals surface area contributed by atoms with Crippen LogP contribution >= 0.6 is 0 Å². The monoisotopic (exact) mass is 447 g/mol. The maximum absolute atomic E-state index is 14.0. The number of hydrogen-bond acceptors (Lipinski definition) is 5. The second kappa shape index (κ2) is 8.33. The summed E-state index contributed by atoms with van der Waals surface area (Å²) in [6, 6.07) is 8.16. The van der Waals surface area contributed by atoms with E-state index in [9.17, 15) is 30.4 Å². The zero-order chi connectivity index (χ0) is 22.0. The van der Waals surface area contributed by atoms with E-state index in [1.165, 1.54) is 31.3 Å². The van der Waals surface area contributed by atoms with Gasteiger partial charge in [-0.3, -0.25) is 13.4 Å². The van der Waals surface area contributed by atoms with Gasteiger partial charge < -0.3 is 5.32 Å². The summed E-state index contributed by atoms with van der Waals surface area (Å²) in [4.78, 5) is 12.4. The molecular formula is C17H19F2N3O5S2. The van der Waals surface area contributed by atoms with Crippen LogP contribution in [0.5, 0.6) is 0 Å². The van der Waals surface area contributed by atoms with Gasteiger partial charge in [0, 0.05) is 18.8 Å². The minimum atomic E-state index is -4.06. The van der Waals surface area contributed by atoms with Crippen LogP contribution in [0.25, 0.3) is 0 Å². The zero-order valence-corrected chi connectivity index (χ0v) is 17.4. The third kappa shape index (κ3) is 5.87. The molecule has 0 spiro atoms. The van der Waals surface area contributed by atoms with Crippen LogP contribution in [-0.2, 0) is 24.8 Å². The van der Waals surface area contributed by atoms with E-state index in [1.807, 2.05) is 0 Å². The van der Waals surface area contributed by atoms with Gasteiger partial charge in [-0.25, -0.2) is 25.6 Å². The summed E-state index contributed by atoms with van der Waals surface area (Å²) in [6.07, 6.45) is 1.80. The Balaban J connectivity index is 2.26. The summed E-state index contributed by atoms with van der Waals surface area (Å²) < 4.78 is 76.0. The summed E-state index contributed by atoms with van der Waals surface area (Å²) >= 11 is 0. The normalized spacial score (nSPS) is 11.8. The van der Waals surface area contributed by atoms with Crippen molar-refractivity contribution in [2.24, 2.45) is 0 Å². The van der Waals surface area contributed by atoms with Crippen LogP contribution in [0, 0.1) is 11.6 Å². The van der Waals surface area contributed by atoms with Gasteiger partial charge in [0.2, 0.25) is 26.0 Å². The van der Waals surface area contributed by atoms with Gasteiger partial charge in [0.25, 0.3) is 0 Å². The molecule has 29 heavy (non-hydrogen) atoms. The second-order valence-corrected chi connectivity index (χ2v) is 10.1. The number of carbonyl (C=O) groups is 1. The van der Waals surface area contributed by atoms with E-state index < -0.39 is 49.8 Å². The van der Waals surface area contributed by atoms with Crippen molar-refractivity contribution in [3.63, 3.8) is 0 Å². The standard InChI is InChI=1S/C17H19F2N3O5S2/c1-21(28(2,24)25)14-6-4-5-13(10-14)20-17(23)11-22(29(3,26)27)16-8-7-12(18)9-15(16)19/h4-10H,11H2,1-3H3,(H,20,23). The van der Waals surface area contributed by atoms with Gasteiger partial charge >= 0.3 is 0 Å². The maximum atomic E-state index is 14.0. The number of anilines is 3. The van der Waals surface area contributed by atoms with Crippen molar-refractivity contribution in [1.82, 2.24) is 0 Å². The lowest BCUT2D eigenvalue weighted by Gasteiger charge is -2.22. The molecule has 0 bridgehead atoms. The van der Waals surface area contributed by atoms with E-state index in [-0.39, 0.29) is 11.4 Å². The SMILES string of the molecule is CN(c1cccc(NC(=O)CN(c2ccc(F)cc2F)S(C)(=O)=O)c1)S(C)(=O)=O. The molecule has 0 atom stereocenters. The molecule has 8 nitrogen and oxygen atoms in total. The van der Waals surface area contributed by atoms with Crippen molar-refractivity contribution in [3.05, 3.63) is 54.1 Å². The third-order valence-electron chi connectivity index (χ3n) is 3.86. The predicted molar refractivity (Wildman–Crippen MR) is 107 cm³/mol. The van der Waals surface area contributed by atoms with Gasteiger partial charge in [-0.05, 0) is 30.3 Å². The Hall–Kier alpha value is -2.73. The van der Waals surface area contributed by atoms with E-state index >= 15 is 0 Å². The van der Waals surface area contributed by atoms with Crippen LogP contribution in [0.2, 0.25) is 0 Å². The highest BCUT2D eigenvalue weighted by atomic mass is 32.2. The number of nitrogens with zero attached hydrogens (tertiary/aromatic N) is 2. The molecule has 0 unspecified atom stereocenters. The fraction of sp³-hybridized carbons (Fsp3) is 0.235. The molecule has 1 N–H and O–H groups in total. The fourth-order valence-corrected chi connectivity index (χ4v) is 3.72. The van der Waals surface area contributed by atoms with Crippen LogP contribution in [0.4, 0.5) is 25.8 Å². The molecule has 0 fully saturated rings. The molecule has 2 rings (SSSR count). The molecule has 2 aromatic rings. The lowest BCUT2D eigenvalue weighted by molar-refractivity contribution is -0.114. The molecule has 0 saturated heterocycles. The van der Waals surface area contributed by atoms with Crippen LogP contribution in [0.15, 0.2) is 42.5 Å². The Morgan fingerprint density at radius 1 is 1.00 bits per heavy atom. The van der Waals surface area contributed by atoms with Crippen molar-refractivity contribution in [1.29, 1.82) is 0 Å². The lowest BCUT2D eigenvalue weighted by atomic mass is 10.2. The van der Waals surface area contributed by atoms with Crippen molar-refractivity contribution >= 4 is 43.0 Å². The van der Waals surface area contributed by atoms with Gasteiger partial charge in [-0.15, -0.1) is 0 Å². The van der Waals surface area contributed by atoms with Crippen molar-refractivity contribution in [2.45, 2.75) is 0 Å². The van der Waals surface area contributed by atoms with Crippen LogP contribution < -0.4 is 13.9 Å². The Labute approximate surface area is 167 Å². The Morgan fingerprint density at radius 3 is 2.21 bits per heavy atom. The molecule has 1 amide bonds. The maximum Gasteiger partial charge on any atom is 0.245 e. The van der Waals surface area contributed by atoms with E-state index in [0.717, 1.165) is 28.9 Å². The largest absolute Gasteiger partial charge is 0.324 e. The molecule has 12 heteroatoms. The van der Waals surface area contributed by atoms with Gasteiger partial charge in [0.05, 0.1) is 23.9 Å². The summed E-state index contributed by atoms with van der Waals surface area (Å²) in [5.74, 6) is -2.84. The summed E-state index contributed by atoms with van der Waals surface area (Å²) in [6.45, 7) is -0.770. The van der Waals surface area contributed by atoms with Crippen molar-refractivity contribution in [3.8, 4) is 0 Å². The minimum absolute atomic E-state index is 0.205. The predicted octanol–water partition coefficient (Wildman–Crippen LogP) is 1.77. The summed E-state index contributed by atoms with van der Waals surface area (Å²) in [5.41, 5.74) is 0.000452. The van der Waals surface area contributed by atoms with Crippen LogP contribution in [-0.4, -0.2) is 48.8 Å². The first-order chi connectivity index (χ1) is 13.3. The lowest BCUT2D eigenvalue weighted by Crippen LogP contribution is -2.38. The number of carbonyl (C=O) groups excluding carboxylic acids is 1. The van der Waals surface area contributed by atoms with E-state index in [4.69, 9.17) is 0 Å². The van der Waals surface area contributed by atoms with Gasteiger partial charge in [0.1, 0.15) is 18.2 Å².